The van der Waals surface area contributed by atoms with E-state index in [1.54, 1.807) is 6.07 Å². The van der Waals surface area contributed by atoms with E-state index in [0.717, 1.165) is 0 Å². The van der Waals surface area contributed by atoms with Gasteiger partial charge in [-0.2, -0.15) is 0 Å². The molecule has 0 saturated heterocycles. The molecule has 0 saturated carbocycles. The van der Waals surface area contributed by atoms with Crippen molar-refractivity contribution in [1.82, 2.24) is 4.98 Å². The van der Waals surface area contributed by atoms with E-state index in [-0.39, 0.29) is 13.0 Å². The lowest BCUT2D eigenvalue weighted by atomic mass is 10.2. The quantitative estimate of drug-likeness (QED) is 0.755. The van der Waals surface area contributed by atoms with Crippen molar-refractivity contribution in [3.8, 4) is 0 Å². The lowest BCUT2D eigenvalue weighted by molar-refractivity contribution is -0.136. The van der Waals surface area contributed by atoms with E-state index in [1.807, 2.05) is 0 Å². The molecular weight excluding hydrogens is 224 g/mol. The second-order valence-electron chi connectivity index (χ2n) is 3.12. The van der Waals surface area contributed by atoms with Gasteiger partial charge in [0.25, 0.3) is 0 Å². The number of carbonyl (C=O) groups is 2. The van der Waals surface area contributed by atoms with Gasteiger partial charge in [0.15, 0.2) is 0 Å². The van der Waals surface area contributed by atoms with E-state index < -0.39 is 12.1 Å². The van der Waals surface area contributed by atoms with Crippen molar-refractivity contribution in [2.45, 2.75) is 6.42 Å². The molecule has 0 bridgehead atoms. The standard InChI is InChI=1S/C11H12N2O4/c1-2-5-17-11(16)13-9-4-3-8(12-7-9)6-10(14)15/h2-4,7H,1,5-6H2,(H,13,16)(H,14,15). The molecule has 90 valence electrons. The van der Waals surface area contributed by atoms with Gasteiger partial charge in [-0.15, -0.1) is 0 Å². The Hall–Kier alpha value is -2.37. The number of amides is 1. The maximum Gasteiger partial charge on any atom is 0.411 e. The van der Waals surface area contributed by atoms with Crippen LogP contribution in [0.2, 0.25) is 0 Å². The number of carboxylic acids is 1. The third kappa shape index (κ3) is 4.78. The topological polar surface area (TPSA) is 88.5 Å². The van der Waals surface area contributed by atoms with Crippen LogP contribution in [0, 0.1) is 0 Å². The van der Waals surface area contributed by atoms with Gasteiger partial charge in [-0.25, -0.2) is 4.79 Å². The van der Waals surface area contributed by atoms with E-state index in [2.05, 4.69) is 16.9 Å². The Balaban J connectivity index is 2.53. The molecule has 1 aromatic rings. The number of carboxylic acid groups (broad SMARTS) is 1. The van der Waals surface area contributed by atoms with Crippen LogP contribution in [0.4, 0.5) is 10.5 Å². The van der Waals surface area contributed by atoms with Crippen molar-refractivity contribution in [2.75, 3.05) is 11.9 Å². The Kier molecular flexibility index (Phi) is 4.68. The summed E-state index contributed by atoms with van der Waals surface area (Å²) in [6, 6.07) is 3.08. The minimum absolute atomic E-state index is 0.121. The third-order valence-corrected chi connectivity index (χ3v) is 1.74. The number of nitrogens with one attached hydrogen (secondary N) is 1. The van der Waals surface area contributed by atoms with Gasteiger partial charge in [-0.3, -0.25) is 15.1 Å². The Morgan fingerprint density at radius 1 is 1.53 bits per heavy atom. The van der Waals surface area contributed by atoms with E-state index >= 15 is 0 Å². The lowest BCUT2D eigenvalue weighted by Gasteiger charge is -2.05. The average Bonchev–Trinajstić information content (AvgIpc) is 2.28. The number of aliphatic carboxylic acids is 1. The molecule has 1 aromatic heterocycles. The number of pyridine rings is 1. The second kappa shape index (κ2) is 6.26. The van der Waals surface area contributed by atoms with E-state index in [9.17, 15) is 9.59 Å². The fourth-order valence-corrected chi connectivity index (χ4v) is 1.05. The van der Waals surface area contributed by atoms with Crippen molar-refractivity contribution < 1.29 is 19.4 Å². The zero-order valence-electron chi connectivity index (χ0n) is 9.05. The summed E-state index contributed by atoms with van der Waals surface area (Å²) in [5.74, 6) is -0.955. The van der Waals surface area contributed by atoms with Crippen LogP contribution in [0.5, 0.6) is 0 Å². The molecule has 6 nitrogen and oxygen atoms in total. The molecular formula is C11H12N2O4. The molecule has 0 aliphatic carbocycles. The predicted octanol–water partition coefficient (Wildman–Crippen LogP) is 1.44. The molecule has 1 amide bonds. The van der Waals surface area contributed by atoms with E-state index in [1.165, 1.54) is 18.3 Å². The summed E-state index contributed by atoms with van der Waals surface area (Å²) in [6.07, 6.45) is 2.06. The number of anilines is 1. The highest BCUT2D eigenvalue weighted by Gasteiger charge is 2.04. The summed E-state index contributed by atoms with van der Waals surface area (Å²) in [6.45, 7) is 3.53. The Morgan fingerprint density at radius 2 is 2.29 bits per heavy atom. The van der Waals surface area contributed by atoms with Gasteiger partial charge in [0.05, 0.1) is 24.0 Å². The average molecular weight is 236 g/mol. The summed E-state index contributed by atoms with van der Waals surface area (Å²) in [5.41, 5.74) is 0.857. The first kappa shape index (κ1) is 12.7. The highest BCUT2D eigenvalue weighted by molar-refractivity contribution is 5.84. The van der Waals surface area contributed by atoms with Crippen molar-refractivity contribution in [3.63, 3.8) is 0 Å². The Bertz CT molecular complexity index is 414. The molecule has 0 aliphatic rings. The zero-order chi connectivity index (χ0) is 12.7. The number of aromatic nitrogens is 1. The van der Waals surface area contributed by atoms with Crippen LogP contribution in [-0.4, -0.2) is 28.8 Å². The molecule has 0 radical (unpaired) electrons. The highest BCUT2D eigenvalue weighted by atomic mass is 16.5. The molecule has 1 heterocycles. The maximum absolute atomic E-state index is 11.1. The van der Waals surface area contributed by atoms with Gasteiger partial charge in [0.1, 0.15) is 6.61 Å². The van der Waals surface area contributed by atoms with Crippen LogP contribution in [0.25, 0.3) is 0 Å². The molecule has 0 fully saturated rings. The molecule has 6 heteroatoms. The second-order valence-corrected chi connectivity index (χ2v) is 3.12. The maximum atomic E-state index is 11.1. The monoisotopic (exact) mass is 236 g/mol. The Morgan fingerprint density at radius 3 is 2.82 bits per heavy atom. The number of carbonyl (C=O) groups excluding carboxylic acids is 1. The van der Waals surface area contributed by atoms with Gasteiger partial charge >= 0.3 is 12.1 Å². The van der Waals surface area contributed by atoms with Gasteiger partial charge < -0.3 is 9.84 Å². The van der Waals surface area contributed by atoms with Crippen LogP contribution in [0.15, 0.2) is 31.0 Å². The van der Waals surface area contributed by atoms with Crippen molar-refractivity contribution in [2.24, 2.45) is 0 Å². The van der Waals surface area contributed by atoms with Gasteiger partial charge in [-0.1, -0.05) is 12.7 Å². The van der Waals surface area contributed by atoms with Crippen molar-refractivity contribution >= 4 is 17.7 Å². The predicted molar refractivity (Wildman–Crippen MR) is 60.7 cm³/mol. The van der Waals surface area contributed by atoms with Crippen LogP contribution in [0.1, 0.15) is 5.69 Å². The first-order valence-corrected chi connectivity index (χ1v) is 4.83. The van der Waals surface area contributed by atoms with E-state index in [0.29, 0.717) is 11.4 Å². The first-order chi connectivity index (χ1) is 8.11. The summed E-state index contributed by atoms with van der Waals surface area (Å²) >= 11 is 0. The smallest absolute Gasteiger partial charge is 0.411 e. The van der Waals surface area contributed by atoms with Crippen LogP contribution in [0.3, 0.4) is 0 Å². The van der Waals surface area contributed by atoms with Crippen molar-refractivity contribution in [3.05, 3.63) is 36.7 Å². The number of hydrogen-bond acceptors (Lipinski definition) is 4. The largest absolute Gasteiger partial charge is 0.481 e. The zero-order valence-corrected chi connectivity index (χ0v) is 9.05. The van der Waals surface area contributed by atoms with Gasteiger partial charge in [0.2, 0.25) is 0 Å². The molecule has 0 spiro atoms. The molecule has 0 atom stereocenters. The minimum atomic E-state index is -0.955. The van der Waals surface area contributed by atoms with Gasteiger partial charge in [0, 0.05) is 0 Å². The molecule has 0 aromatic carbocycles. The number of rotatable bonds is 5. The highest BCUT2D eigenvalue weighted by Crippen LogP contribution is 2.07. The number of hydrogen-bond donors (Lipinski definition) is 2. The number of ether oxygens (including phenoxy) is 1. The van der Waals surface area contributed by atoms with Crippen LogP contribution in [-0.2, 0) is 16.0 Å². The molecule has 2 N–H and O–H groups in total. The molecule has 0 unspecified atom stereocenters. The fourth-order valence-electron chi connectivity index (χ4n) is 1.05. The Labute approximate surface area is 97.9 Å². The normalized spacial score (nSPS) is 9.41. The first-order valence-electron chi connectivity index (χ1n) is 4.83. The summed E-state index contributed by atoms with van der Waals surface area (Å²) < 4.78 is 4.70. The molecule has 17 heavy (non-hydrogen) atoms. The molecule has 0 aliphatic heterocycles. The summed E-state index contributed by atoms with van der Waals surface area (Å²) in [4.78, 5) is 25.4. The summed E-state index contributed by atoms with van der Waals surface area (Å²) in [5, 5.41) is 11.0. The summed E-state index contributed by atoms with van der Waals surface area (Å²) in [7, 11) is 0. The fraction of sp³-hybridized carbons (Fsp3) is 0.182. The third-order valence-electron chi connectivity index (χ3n) is 1.74. The molecule has 1 rings (SSSR count). The lowest BCUT2D eigenvalue weighted by Crippen LogP contribution is -2.14. The van der Waals surface area contributed by atoms with Crippen molar-refractivity contribution in [1.29, 1.82) is 0 Å². The van der Waals surface area contributed by atoms with Crippen LogP contribution >= 0.6 is 0 Å². The SMILES string of the molecule is C=CCOC(=O)Nc1ccc(CC(=O)O)nc1. The van der Waals surface area contributed by atoms with Gasteiger partial charge in [-0.05, 0) is 12.1 Å². The number of nitrogens with zero attached hydrogens (tertiary/aromatic N) is 1. The van der Waals surface area contributed by atoms with Crippen LogP contribution < -0.4 is 5.32 Å². The van der Waals surface area contributed by atoms with E-state index in [4.69, 9.17) is 9.84 Å². The minimum Gasteiger partial charge on any atom is -0.481 e.